The summed E-state index contributed by atoms with van der Waals surface area (Å²) in [6.07, 6.45) is 4.18. The fraction of sp³-hybridized carbons (Fsp3) is 0.720. The van der Waals surface area contributed by atoms with Crippen LogP contribution >= 0.6 is 0 Å². The van der Waals surface area contributed by atoms with Crippen molar-refractivity contribution in [1.29, 1.82) is 0 Å². The van der Waals surface area contributed by atoms with Crippen molar-refractivity contribution in [2.75, 3.05) is 0 Å². The van der Waals surface area contributed by atoms with Gasteiger partial charge >= 0.3 is 12.8 Å². The second kappa shape index (κ2) is 8.11. The van der Waals surface area contributed by atoms with Gasteiger partial charge in [0.05, 0.1) is 22.2 Å². The predicted molar refractivity (Wildman–Crippen MR) is 138 cm³/mol. The van der Waals surface area contributed by atoms with Gasteiger partial charge in [-0.2, -0.15) is 0 Å². The molecule has 0 atom stereocenters. The molecule has 1 saturated heterocycles. The summed E-state index contributed by atoms with van der Waals surface area (Å²) in [6.45, 7) is 19.7. The van der Waals surface area contributed by atoms with E-state index in [2.05, 4.69) is 72.6 Å². The van der Waals surface area contributed by atoms with Crippen molar-refractivity contribution < 1.29 is 13.7 Å². The van der Waals surface area contributed by atoms with Gasteiger partial charge in [-0.25, -0.2) is 4.79 Å². The van der Waals surface area contributed by atoms with Crippen LogP contribution in [0.15, 0.2) is 23.0 Å². The van der Waals surface area contributed by atoms with Crippen LogP contribution in [-0.4, -0.2) is 42.3 Å². The molecule has 182 valence electrons. The average Bonchev–Trinajstić information content (AvgIpc) is 3.12. The van der Waals surface area contributed by atoms with E-state index in [1.165, 1.54) is 0 Å². The Morgan fingerprint density at radius 2 is 1.64 bits per heavy atom. The average molecular weight is 473 g/mol. The van der Waals surface area contributed by atoms with Gasteiger partial charge in [0.2, 0.25) is 0 Å². The fourth-order valence-corrected chi connectivity index (χ4v) is 6.06. The van der Waals surface area contributed by atoms with E-state index in [0.29, 0.717) is 6.10 Å². The van der Waals surface area contributed by atoms with E-state index in [9.17, 15) is 4.79 Å². The van der Waals surface area contributed by atoms with E-state index in [1.54, 1.807) is 0 Å². The highest BCUT2D eigenvalue weighted by Crippen LogP contribution is 2.41. The number of fused-ring (bicyclic) bond motifs is 1. The van der Waals surface area contributed by atoms with Crippen LogP contribution in [-0.2, 0) is 13.7 Å². The number of hydrogen-bond acceptors (Lipinski definition) is 4. The number of imidazole rings is 1. The highest BCUT2D eigenvalue weighted by Gasteiger charge is 2.51. The van der Waals surface area contributed by atoms with Crippen LogP contribution in [0.5, 0.6) is 0 Å². The van der Waals surface area contributed by atoms with E-state index >= 15 is 0 Å². The number of benzene rings is 1. The second-order valence-electron chi connectivity index (χ2n) is 12.5. The lowest BCUT2D eigenvalue weighted by Crippen LogP contribution is -2.45. The van der Waals surface area contributed by atoms with Crippen LogP contribution in [0, 0.1) is 0 Å². The summed E-state index contributed by atoms with van der Waals surface area (Å²) in [5.74, 6) is 0. The van der Waals surface area contributed by atoms with Crippen molar-refractivity contribution in [3.63, 3.8) is 0 Å². The minimum Gasteiger partial charge on any atom is -0.414 e. The summed E-state index contributed by atoms with van der Waals surface area (Å²) in [5.41, 5.74) is 1.91. The molecular formula is C25H41BN2O4Si. The molecule has 1 aliphatic heterocycles. The summed E-state index contributed by atoms with van der Waals surface area (Å²) in [4.78, 5) is 16.0. The van der Waals surface area contributed by atoms with Gasteiger partial charge in [-0.15, -0.1) is 0 Å². The molecule has 1 N–H and O–H groups in total. The lowest BCUT2D eigenvalue weighted by atomic mass is 9.79. The maximum absolute atomic E-state index is 12.9. The molecule has 2 heterocycles. The number of hydrogen-bond donors (Lipinski definition) is 1. The summed E-state index contributed by atoms with van der Waals surface area (Å²) in [5, 5.41) is 0.210. The normalized spacial score (nSPS) is 25.7. The van der Waals surface area contributed by atoms with E-state index in [4.69, 9.17) is 13.7 Å². The first kappa shape index (κ1) is 24.8. The number of aromatic amines is 1. The zero-order valence-corrected chi connectivity index (χ0v) is 22.9. The van der Waals surface area contributed by atoms with E-state index in [-0.39, 0.29) is 16.8 Å². The van der Waals surface area contributed by atoms with E-state index in [0.717, 1.165) is 42.2 Å². The SMILES string of the molecule is CC1(C)OB(c2ccc3[nH]c(=O)n(C4CCC(O[Si](C)(C)C(C)(C)C)CC4)c3c2)OC1(C)C. The Morgan fingerprint density at radius 1 is 1.06 bits per heavy atom. The first-order valence-corrected chi connectivity index (χ1v) is 15.3. The molecule has 0 bridgehead atoms. The molecule has 1 aliphatic carbocycles. The van der Waals surface area contributed by atoms with Crippen molar-refractivity contribution >= 4 is 31.9 Å². The topological polar surface area (TPSA) is 65.5 Å². The summed E-state index contributed by atoms with van der Waals surface area (Å²) in [6, 6.07) is 6.21. The number of nitrogens with one attached hydrogen (secondary N) is 1. The molecule has 0 unspecified atom stereocenters. The quantitative estimate of drug-likeness (QED) is 0.627. The third-order valence-electron chi connectivity index (χ3n) is 8.54. The number of aromatic nitrogens is 2. The molecule has 1 aromatic heterocycles. The third kappa shape index (κ3) is 4.52. The Hall–Kier alpha value is -1.35. The molecule has 33 heavy (non-hydrogen) atoms. The largest absolute Gasteiger partial charge is 0.494 e. The van der Waals surface area contributed by atoms with Crippen LogP contribution in [0.4, 0.5) is 0 Å². The minimum absolute atomic E-state index is 0.0372. The van der Waals surface area contributed by atoms with Crippen molar-refractivity contribution in [2.24, 2.45) is 0 Å². The Balaban J connectivity index is 1.54. The minimum atomic E-state index is -1.78. The predicted octanol–water partition coefficient (Wildman–Crippen LogP) is 5.13. The number of rotatable bonds is 4. The Bertz CT molecular complexity index is 1060. The van der Waals surface area contributed by atoms with Gasteiger partial charge in [0, 0.05) is 12.1 Å². The van der Waals surface area contributed by atoms with Gasteiger partial charge in [-0.1, -0.05) is 26.8 Å². The molecule has 4 rings (SSSR count). The van der Waals surface area contributed by atoms with Crippen LogP contribution < -0.4 is 11.2 Å². The first-order chi connectivity index (χ1) is 15.1. The van der Waals surface area contributed by atoms with E-state index < -0.39 is 26.6 Å². The molecular weight excluding hydrogens is 431 g/mol. The molecule has 2 fully saturated rings. The molecule has 0 amide bonds. The van der Waals surface area contributed by atoms with Crippen LogP contribution in [0.1, 0.15) is 80.2 Å². The molecule has 6 nitrogen and oxygen atoms in total. The second-order valence-corrected chi connectivity index (χ2v) is 17.2. The van der Waals surface area contributed by atoms with Gasteiger partial charge in [0.1, 0.15) is 0 Å². The maximum atomic E-state index is 12.9. The standard InChI is InChI=1S/C25H41BN2O4Si/c1-23(2,3)33(8,9)30-19-13-11-18(12-14-19)28-21-16-17(10-15-20(21)27-22(28)29)26-31-24(4,5)25(6,7)32-26/h10,15-16,18-19H,11-14H2,1-9H3,(H,27,29). The molecule has 1 saturated carbocycles. The third-order valence-corrected chi connectivity index (χ3v) is 13.1. The van der Waals surface area contributed by atoms with Gasteiger partial charge in [-0.3, -0.25) is 4.57 Å². The van der Waals surface area contributed by atoms with Crippen molar-refractivity contribution in [3.05, 3.63) is 28.7 Å². The smallest absolute Gasteiger partial charge is 0.414 e. The van der Waals surface area contributed by atoms with E-state index in [1.807, 2.05) is 16.7 Å². The van der Waals surface area contributed by atoms with Crippen LogP contribution in [0.3, 0.4) is 0 Å². The number of nitrogens with zero attached hydrogens (tertiary/aromatic N) is 1. The Morgan fingerprint density at radius 3 is 2.18 bits per heavy atom. The molecule has 0 spiro atoms. The maximum Gasteiger partial charge on any atom is 0.494 e. The zero-order chi connectivity index (χ0) is 24.4. The Labute approximate surface area is 199 Å². The van der Waals surface area contributed by atoms with Gasteiger partial charge in [0.25, 0.3) is 0 Å². The first-order valence-electron chi connectivity index (χ1n) is 12.4. The monoisotopic (exact) mass is 472 g/mol. The molecule has 0 radical (unpaired) electrons. The summed E-state index contributed by atoms with van der Waals surface area (Å²) in [7, 11) is -2.22. The number of H-pyrrole nitrogens is 1. The molecule has 2 aromatic rings. The van der Waals surface area contributed by atoms with Crippen molar-refractivity contribution in [1.82, 2.24) is 9.55 Å². The van der Waals surface area contributed by atoms with Crippen molar-refractivity contribution in [3.8, 4) is 0 Å². The van der Waals surface area contributed by atoms with Gasteiger partial charge < -0.3 is 18.7 Å². The molecule has 8 heteroatoms. The van der Waals surface area contributed by atoms with Crippen LogP contribution in [0.2, 0.25) is 18.1 Å². The Kier molecular flexibility index (Phi) is 6.09. The zero-order valence-electron chi connectivity index (χ0n) is 21.9. The lowest BCUT2D eigenvalue weighted by molar-refractivity contribution is 0.00578. The fourth-order valence-electron chi connectivity index (χ4n) is 4.64. The highest BCUT2D eigenvalue weighted by molar-refractivity contribution is 6.74. The summed E-state index contributed by atoms with van der Waals surface area (Å²) >= 11 is 0. The van der Waals surface area contributed by atoms with Gasteiger partial charge in [0.15, 0.2) is 8.32 Å². The molecule has 2 aliphatic rings. The molecule has 1 aromatic carbocycles. The van der Waals surface area contributed by atoms with Crippen molar-refractivity contribution in [2.45, 2.75) is 116 Å². The lowest BCUT2D eigenvalue weighted by Gasteiger charge is -2.41. The summed E-state index contributed by atoms with van der Waals surface area (Å²) < 4.78 is 21.1. The van der Waals surface area contributed by atoms with Crippen LogP contribution in [0.25, 0.3) is 11.0 Å². The highest BCUT2D eigenvalue weighted by atomic mass is 28.4. The van der Waals surface area contributed by atoms with Gasteiger partial charge in [-0.05, 0) is 89.1 Å².